The molecule has 1 amide bonds. The summed E-state index contributed by atoms with van der Waals surface area (Å²) >= 11 is 0. The van der Waals surface area contributed by atoms with Crippen LogP contribution >= 0.6 is 12.4 Å². The van der Waals surface area contributed by atoms with Gasteiger partial charge in [0.25, 0.3) is 0 Å². The Morgan fingerprint density at radius 2 is 2.06 bits per heavy atom. The van der Waals surface area contributed by atoms with Crippen molar-refractivity contribution in [1.29, 1.82) is 0 Å². The smallest absolute Gasteiger partial charge is 0.226 e. The maximum atomic E-state index is 12.0. The van der Waals surface area contributed by atoms with Crippen LogP contribution in [-0.2, 0) is 4.79 Å². The van der Waals surface area contributed by atoms with Crippen LogP contribution in [0, 0.1) is 11.3 Å². The van der Waals surface area contributed by atoms with Crippen LogP contribution < -0.4 is 11.1 Å². The van der Waals surface area contributed by atoms with E-state index in [4.69, 9.17) is 5.73 Å². The number of carbonyl (C=O) groups is 1. The second-order valence-electron chi connectivity index (χ2n) is 5.13. The van der Waals surface area contributed by atoms with E-state index in [1.54, 1.807) is 0 Å². The molecule has 0 bridgehead atoms. The van der Waals surface area contributed by atoms with Crippen LogP contribution in [0.25, 0.3) is 0 Å². The fourth-order valence-electron chi connectivity index (χ4n) is 2.40. The summed E-state index contributed by atoms with van der Waals surface area (Å²) in [6.45, 7) is 5.76. The van der Waals surface area contributed by atoms with Crippen LogP contribution in [-0.4, -0.2) is 19.0 Å². The molecule has 1 rings (SSSR count). The third kappa shape index (κ3) is 3.95. The van der Waals surface area contributed by atoms with Gasteiger partial charge in [0, 0.05) is 12.0 Å². The molecule has 0 unspecified atom stereocenters. The zero-order valence-corrected chi connectivity index (χ0v) is 11.2. The monoisotopic (exact) mass is 248 g/mol. The minimum atomic E-state index is -0.0389. The van der Waals surface area contributed by atoms with Gasteiger partial charge in [-0.05, 0) is 38.1 Å². The number of nitrogens with one attached hydrogen (secondary N) is 1. The molecule has 0 spiro atoms. The third-order valence-electron chi connectivity index (χ3n) is 3.26. The molecule has 1 aliphatic rings. The van der Waals surface area contributed by atoms with Gasteiger partial charge >= 0.3 is 0 Å². The van der Waals surface area contributed by atoms with Crippen LogP contribution in [0.15, 0.2) is 0 Å². The Bertz CT molecular complexity index is 215. The Hall–Kier alpha value is -0.280. The normalized spacial score (nSPS) is 17.5. The van der Waals surface area contributed by atoms with Crippen molar-refractivity contribution >= 4 is 18.3 Å². The lowest BCUT2D eigenvalue weighted by Crippen LogP contribution is -2.46. The number of rotatable bonds is 6. The van der Waals surface area contributed by atoms with Crippen LogP contribution in [0.1, 0.15) is 46.0 Å². The molecule has 0 aliphatic heterocycles. The van der Waals surface area contributed by atoms with Crippen molar-refractivity contribution in [3.05, 3.63) is 0 Å². The molecule has 0 aromatic rings. The van der Waals surface area contributed by atoms with E-state index in [9.17, 15) is 4.79 Å². The summed E-state index contributed by atoms with van der Waals surface area (Å²) in [6.07, 6.45) is 5.25. The lowest BCUT2D eigenvalue weighted by molar-refractivity contribution is -0.137. The van der Waals surface area contributed by atoms with Crippen molar-refractivity contribution in [3.63, 3.8) is 0 Å². The first-order valence-electron chi connectivity index (χ1n) is 6.09. The van der Waals surface area contributed by atoms with Crippen molar-refractivity contribution in [2.24, 2.45) is 17.1 Å². The van der Waals surface area contributed by atoms with E-state index in [0.717, 1.165) is 32.2 Å². The van der Waals surface area contributed by atoms with E-state index in [1.165, 1.54) is 6.42 Å². The van der Waals surface area contributed by atoms with Gasteiger partial charge < -0.3 is 11.1 Å². The number of hydrogen-bond donors (Lipinski definition) is 2. The Balaban J connectivity index is 0.00000225. The molecule has 16 heavy (non-hydrogen) atoms. The molecule has 0 heterocycles. The summed E-state index contributed by atoms with van der Waals surface area (Å²) in [6, 6.07) is 0. The third-order valence-corrected chi connectivity index (χ3v) is 3.26. The molecule has 4 heteroatoms. The molecule has 0 aromatic carbocycles. The van der Waals surface area contributed by atoms with E-state index in [2.05, 4.69) is 19.2 Å². The molecule has 3 nitrogen and oxygen atoms in total. The number of amides is 1. The second kappa shape index (κ2) is 7.13. The fraction of sp³-hybridized carbons (Fsp3) is 0.917. The van der Waals surface area contributed by atoms with Gasteiger partial charge in [-0.15, -0.1) is 12.4 Å². The predicted octanol–water partition coefficient (Wildman–Crippen LogP) is 2.09. The summed E-state index contributed by atoms with van der Waals surface area (Å²) in [5, 5.41) is 3.01. The van der Waals surface area contributed by atoms with Crippen molar-refractivity contribution in [2.45, 2.75) is 46.0 Å². The summed E-state index contributed by atoms with van der Waals surface area (Å²) in [4.78, 5) is 12.0. The van der Waals surface area contributed by atoms with Gasteiger partial charge in [0.05, 0.1) is 0 Å². The fourth-order valence-corrected chi connectivity index (χ4v) is 2.40. The maximum absolute atomic E-state index is 12.0. The van der Waals surface area contributed by atoms with Crippen LogP contribution in [0.4, 0.5) is 0 Å². The molecule has 1 aliphatic carbocycles. The minimum Gasteiger partial charge on any atom is -0.356 e. The summed E-state index contributed by atoms with van der Waals surface area (Å²) in [7, 11) is 0. The average Bonchev–Trinajstić information content (AvgIpc) is 2.11. The Labute approximate surface area is 105 Å². The summed E-state index contributed by atoms with van der Waals surface area (Å²) < 4.78 is 0. The number of hydrogen-bond acceptors (Lipinski definition) is 2. The van der Waals surface area contributed by atoms with E-state index in [1.807, 2.05) is 0 Å². The molecule has 1 saturated carbocycles. The van der Waals surface area contributed by atoms with E-state index < -0.39 is 0 Å². The number of carbonyl (C=O) groups excluding carboxylic acids is 1. The van der Waals surface area contributed by atoms with E-state index >= 15 is 0 Å². The van der Waals surface area contributed by atoms with Gasteiger partial charge in [-0.2, -0.15) is 0 Å². The molecular weight excluding hydrogens is 224 g/mol. The van der Waals surface area contributed by atoms with Crippen molar-refractivity contribution < 1.29 is 4.79 Å². The quantitative estimate of drug-likeness (QED) is 0.708. The SMILES string of the molecule is CC(C)CC1(C(=O)NCCCN)CCC1.Cl. The highest BCUT2D eigenvalue weighted by molar-refractivity contribution is 5.85. The summed E-state index contributed by atoms with van der Waals surface area (Å²) in [5.41, 5.74) is 5.36. The maximum Gasteiger partial charge on any atom is 0.226 e. The average molecular weight is 249 g/mol. The molecule has 0 atom stereocenters. The van der Waals surface area contributed by atoms with Gasteiger partial charge in [-0.25, -0.2) is 0 Å². The molecule has 0 saturated heterocycles. The topological polar surface area (TPSA) is 55.1 Å². The van der Waals surface area contributed by atoms with Gasteiger partial charge in [0.2, 0.25) is 5.91 Å². The first-order chi connectivity index (χ1) is 7.10. The highest BCUT2D eigenvalue weighted by Gasteiger charge is 2.43. The minimum absolute atomic E-state index is 0. The highest BCUT2D eigenvalue weighted by atomic mass is 35.5. The lowest BCUT2D eigenvalue weighted by Gasteiger charge is -2.41. The molecule has 1 fully saturated rings. The Morgan fingerprint density at radius 1 is 1.44 bits per heavy atom. The van der Waals surface area contributed by atoms with Gasteiger partial charge in [0.15, 0.2) is 0 Å². The first-order valence-corrected chi connectivity index (χ1v) is 6.09. The van der Waals surface area contributed by atoms with Crippen LogP contribution in [0.5, 0.6) is 0 Å². The van der Waals surface area contributed by atoms with Gasteiger partial charge in [0.1, 0.15) is 0 Å². The van der Waals surface area contributed by atoms with Crippen LogP contribution in [0.2, 0.25) is 0 Å². The van der Waals surface area contributed by atoms with Crippen molar-refractivity contribution in [3.8, 4) is 0 Å². The molecule has 0 aromatic heterocycles. The number of nitrogens with two attached hydrogens (primary N) is 1. The molecule has 3 N–H and O–H groups in total. The van der Waals surface area contributed by atoms with E-state index in [0.29, 0.717) is 12.5 Å². The summed E-state index contributed by atoms with van der Waals surface area (Å²) in [5.74, 6) is 0.862. The Morgan fingerprint density at radius 3 is 2.44 bits per heavy atom. The Kier molecular flexibility index (Phi) is 7.00. The zero-order valence-electron chi connectivity index (χ0n) is 10.4. The largest absolute Gasteiger partial charge is 0.356 e. The second-order valence-corrected chi connectivity index (χ2v) is 5.13. The standard InChI is InChI=1S/C12H24N2O.ClH/c1-10(2)9-12(5-3-6-12)11(15)14-8-4-7-13;/h10H,3-9,13H2,1-2H3,(H,14,15);1H. The highest BCUT2D eigenvalue weighted by Crippen LogP contribution is 2.46. The van der Waals surface area contributed by atoms with Gasteiger partial charge in [-0.3, -0.25) is 4.79 Å². The predicted molar refractivity (Wildman–Crippen MR) is 69.7 cm³/mol. The first kappa shape index (κ1) is 15.7. The molecule has 96 valence electrons. The van der Waals surface area contributed by atoms with Crippen molar-refractivity contribution in [1.82, 2.24) is 5.32 Å². The van der Waals surface area contributed by atoms with E-state index in [-0.39, 0.29) is 23.7 Å². The molecular formula is C12H25ClN2O. The zero-order chi connectivity index (χ0) is 11.3. The lowest BCUT2D eigenvalue weighted by atomic mass is 9.64. The van der Waals surface area contributed by atoms with Crippen LogP contribution in [0.3, 0.4) is 0 Å². The van der Waals surface area contributed by atoms with Gasteiger partial charge in [-0.1, -0.05) is 20.3 Å². The van der Waals surface area contributed by atoms with Crippen molar-refractivity contribution in [2.75, 3.05) is 13.1 Å². The number of halogens is 1. The molecule has 0 radical (unpaired) electrons.